The first-order valence-corrected chi connectivity index (χ1v) is 15.3. The van der Waals surface area contributed by atoms with Gasteiger partial charge in [0.1, 0.15) is 22.1 Å². The van der Waals surface area contributed by atoms with Crippen molar-refractivity contribution < 1.29 is 43.5 Å². The Labute approximate surface area is 275 Å². The molecule has 47 heavy (non-hydrogen) atoms. The van der Waals surface area contributed by atoms with Gasteiger partial charge in [0.2, 0.25) is 17.3 Å². The minimum Gasteiger partial charge on any atom is -0.507 e. The zero-order valence-electron chi connectivity index (χ0n) is 26.1. The zero-order chi connectivity index (χ0) is 33.6. The van der Waals surface area contributed by atoms with E-state index in [9.17, 15) is 24.6 Å². The third kappa shape index (κ3) is 5.11. The summed E-state index contributed by atoms with van der Waals surface area (Å²) in [6.45, 7) is 1.83. The van der Waals surface area contributed by atoms with Gasteiger partial charge in [0.15, 0.2) is 28.8 Å². The highest BCUT2D eigenvalue weighted by Gasteiger charge is 2.61. The van der Waals surface area contributed by atoms with Crippen molar-refractivity contribution in [1.82, 2.24) is 10.3 Å². The largest absolute Gasteiger partial charge is 0.507 e. The number of carbonyl (C=O) groups is 3. The quantitative estimate of drug-likeness (QED) is 0.175. The Morgan fingerprint density at radius 1 is 1.06 bits per heavy atom. The Morgan fingerprint density at radius 2 is 1.81 bits per heavy atom. The van der Waals surface area contributed by atoms with Crippen molar-refractivity contribution in [2.45, 2.75) is 37.8 Å². The number of aromatic amines is 1. The summed E-state index contributed by atoms with van der Waals surface area (Å²) in [5.41, 5.74) is 0.000534. The van der Waals surface area contributed by atoms with Crippen LogP contribution in [0.4, 0.5) is 0 Å². The first kappa shape index (κ1) is 31.8. The van der Waals surface area contributed by atoms with E-state index in [2.05, 4.69) is 10.3 Å². The summed E-state index contributed by atoms with van der Waals surface area (Å²) in [6, 6.07) is 13.5. The lowest BCUT2D eigenvalue weighted by molar-refractivity contribution is -0.122. The Bertz CT molecular complexity index is 1970. The normalized spacial score (nSPS) is 19.5. The van der Waals surface area contributed by atoms with Gasteiger partial charge in [-0.05, 0) is 35.4 Å². The number of aromatic hydroxyl groups is 1. The number of rotatable bonds is 9. The molecule has 1 aliphatic carbocycles. The van der Waals surface area contributed by atoms with Crippen molar-refractivity contribution in [1.29, 1.82) is 0 Å². The van der Waals surface area contributed by atoms with Crippen molar-refractivity contribution >= 4 is 40.0 Å². The molecule has 3 aromatic carbocycles. The number of ether oxygens (including phenoxy) is 4. The van der Waals surface area contributed by atoms with Crippen molar-refractivity contribution in [3.63, 3.8) is 0 Å². The van der Waals surface area contributed by atoms with E-state index in [1.54, 1.807) is 6.92 Å². The number of carbonyl (C=O) groups excluding carboxylic acids is 3. The number of aliphatic hydroxyl groups is 1. The van der Waals surface area contributed by atoms with Crippen LogP contribution in [-0.4, -0.2) is 59.6 Å². The summed E-state index contributed by atoms with van der Waals surface area (Å²) in [7, 11) is 4.14. The number of fused-ring (bicyclic) bond motifs is 2. The maximum absolute atomic E-state index is 14.3. The van der Waals surface area contributed by atoms with Gasteiger partial charge in [-0.1, -0.05) is 36.7 Å². The molecule has 2 aliphatic rings. The summed E-state index contributed by atoms with van der Waals surface area (Å²) in [6.07, 6.45) is 1.35. The molecule has 4 aromatic rings. The van der Waals surface area contributed by atoms with Crippen molar-refractivity contribution in [2.24, 2.45) is 5.92 Å². The molecule has 1 aromatic heterocycles. The molecule has 4 N–H and O–H groups in total. The number of nitrogens with one attached hydrogen (secondary N) is 2. The summed E-state index contributed by atoms with van der Waals surface area (Å²) >= 11 is 6.59. The SMILES string of the molecule is COc1cc(C(CC(=O)NCc2cccc3[nH]ccc23)C2=C(O)[C@@]3(Oc4c(Cl)c(OC)cc(OC)c4C3=O)[C@H](C)CC2=O)ccc1O. The Balaban J connectivity index is 1.44. The summed E-state index contributed by atoms with van der Waals surface area (Å²) in [4.78, 5) is 44.9. The minimum atomic E-state index is -2.03. The molecule has 0 fully saturated rings. The Morgan fingerprint density at radius 3 is 2.53 bits per heavy atom. The third-order valence-electron chi connectivity index (χ3n) is 9.02. The number of hydrogen-bond donors (Lipinski definition) is 4. The lowest BCUT2D eigenvalue weighted by atomic mass is 9.69. The van der Waals surface area contributed by atoms with Gasteiger partial charge in [-0.3, -0.25) is 14.4 Å². The number of halogens is 1. The number of hydrogen-bond acceptors (Lipinski definition) is 9. The molecule has 1 aliphatic heterocycles. The number of H-pyrrole nitrogens is 1. The van der Waals surface area contributed by atoms with Gasteiger partial charge < -0.3 is 39.5 Å². The molecule has 0 radical (unpaired) electrons. The van der Waals surface area contributed by atoms with Gasteiger partial charge in [-0.15, -0.1) is 0 Å². The summed E-state index contributed by atoms with van der Waals surface area (Å²) < 4.78 is 22.4. The Hall–Kier alpha value is -5.16. The molecule has 244 valence electrons. The molecule has 11 nitrogen and oxygen atoms in total. The van der Waals surface area contributed by atoms with Gasteiger partial charge in [0, 0.05) is 60.0 Å². The molecule has 3 atom stereocenters. The minimum absolute atomic E-state index is 0.00335. The second kappa shape index (κ2) is 12.2. The van der Waals surface area contributed by atoms with Crippen LogP contribution in [-0.2, 0) is 16.1 Å². The number of phenols is 1. The smallest absolute Gasteiger partial charge is 0.231 e. The standard InChI is InChI=1S/C35H33ClN2O9/c1-17-12-24(40)29(33(42)35(17)34(43)30-26(45-3)15-27(46-4)31(36)32(30)47-35)21(18-8-9-23(39)25(13-18)44-2)14-28(41)38-16-19-6-5-7-22-20(19)10-11-37-22/h5-11,13,15,17,21,37,39,42H,12,14,16H2,1-4H3,(H,38,41)/t17-,21?,35+/m1/s1. The molecule has 1 spiro atoms. The van der Waals surface area contributed by atoms with E-state index in [1.165, 1.54) is 45.6 Å². The van der Waals surface area contributed by atoms with Gasteiger partial charge in [0.25, 0.3) is 0 Å². The molecule has 12 heteroatoms. The van der Waals surface area contributed by atoms with Crippen LogP contribution < -0.4 is 24.3 Å². The van der Waals surface area contributed by atoms with Gasteiger partial charge in [-0.2, -0.15) is 0 Å². The molecule has 0 saturated heterocycles. The highest BCUT2D eigenvalue weighted by molar-refractivity contribution is 6.35. The highest BCUT2D eigenvalue weighted by atomic mass is 35.5. The fraction of sp³-hybridized carbons (Fsp3) is 0.286. The first-order chi connectivity index (χ1) is 22.5. The molecule has 1 unspecified atom stereocenters. The van der Waals surface area contributed by atoms with Crippen LogP contribution in [0.1, 0.15) is 47.2 Å². The third-order valence-corrected chi connectivity index (χ3v) is 9.37. The lowest BCUT2D eigenvalue weighted by Crippen LogP contribution is -2.53. The van der Waals surface area contributed by atoms with E-state index in [1.807, 2.05) is 30.5 Å². The molecule has 6 rings (SSSR count). The second-order valence-corrected chi connectivity index (χ2v) is 12.0. The molecule has 2 heterocycles. The van der Waals surface area contributed by atoms with E-state index >= 15 is 0 Å². The van der Waals surface area contributed by atoms with Crippen LogP contribution in [0.3, 0.4) is 0 Å². The van der Waals surface area contributed by atoms with Gasteiger partial charge >= 0.3 is 0 Å². The van der Waals surface area contributed by atoms with E-state index in [-0.39, 0.29) is 64.3 Å². The summed E-state index contributed by atoms with van der Waals surface area (Å²) in [5, 5.41) is 26.3. The van der Waals surface area contributed by atoms with Crippen molar-refractivity contribution in [2.75, 3.05) is 21.3 Å². The van der Waals surface area contributed by atoms with Crippen LogP contribution in [0, 0.1) is 5.92 Å². The molecule has 1 amide bonds. The van der Waals surface area contributed by atoms with E-state index in [0.717, 1.165) is 16.5 Å². The Kier molecular flexibility index (Phi) is 8.27. The number of aliphatic hydroxyl groups excluding tert-OH is 1. The molecular weight excluding hydrogens is 628 g/mol. The number of aromatic nitrogens is 1. The van der Waals surface area contributed by atoms with Crippen LogP contribution in [0.15, 0.2) is 66.1 Å². The highest BCUT2D eigenvalue weighted by Crippen LogP contribution is 2.56. The van der Waals surface area contributed by atoms with Crippen LogP contribution in [0.2, 0.25) is 5.02 Å². The second-order valence-electron chi connectivity index (χ2n) is 11.6. The van der Waals surface area contributed by atoms with E-state index in [4.69, 9.17) is 30.5 Å². The monoisotopic (exact) mass is 660 g/mol. The summed E-state index contributed by atoms with van der Waals surface area (Å²) in [5.74, 6) is -3.82. The van der Waals surface area contributed by atoms with Crippen LogP contribution in [0.5, 0.6) is 28.7 Å². The van der Waals surface area contributed by atoms with Gasteiger partial charge in [-0.25, -0.2) is 0 Å². The fourth-order valence-electron chi connectivity index (χ4n) is 6.59. The predicted octanol–water partition coefficient (Wildman–Crippen LogP) is 5.78. The van der Waals surface area contributed by atoms with Crippen LogP contribution >= 0.6 is 11.6 Å². The van der Waals surface area contributed by atoms with Crippen molar-refractivity contribution in [3.05, 3.63) is 87.8 Å². The van der Waals surface area contributed by atoms with E-state index < -0.39 is 40.7 Å². The molecule has 0 bridgehead atoms. The number of Topliss-reactive ketones (excluding diaryl/α,β-unsaturated/α-hetero) is 2. The average Bonchev–Trinajstić information content (AvgIpc) is 3.67. The van der Waals surface area contributed by atoms with Crippen molar-refractivity contribution in [3.8, 4) is 28.7 Å². The number of phenolic OH excluding ortho intramolecular Hbond substituents is 1. The lowest BCUT2D eigenvalue weighted by Gasteiger charge is -2.38. The predicted molar refractivity (Wildman–Crippen MR) is 173 cm³/mol. The van der Waals surface area contributed by atoms with E-state index in [0.29, 0.717) is 5.56 Å². The van der Waals surface area contributed by atoms with Crippen LogP contribution in [0.25, 0.3) is 10.9 Å². The molecule has 0 saturated carbocycles. The number of amides is 1. The topological polar surface area (TPSA) is 156 Å². The maximum atomic E-state index is 14.3. The fourth-order valence-corrected chi connectivity index (χ4v) is 6.86. The van der Waals surface area contributed by atoms with Gasteiger partial charge in [0.05, 0.1) is 21.3 Å². The number of ketones is 2. The number of allylic oxidation sites excluding steroid dienone is 1. The maximum Gasteiger partial charge on any atom is 0.231 e. The number of benzene rings is 3. The molecular formula is C35H33ClN2O9. The number of methoxy groups -OCH3 is 3. The average molecular weight is 661 g/mol. The zero-order valence-corrected chi connectivity index (χ0v) is 26.9. The first-order valence-electron chi connectivity index (χ1n) is 14.9.